The van der Waals surface area contributed by atoms with E-state index >= 15 is 0 Å². The van der Waals surface area contributed by atoms with Crippen molar-refractivity contribution in [3.05, 3.63) is 0 Å². The molecule has 1 unspecified atom stereocenters. The van der Waals surface area contributed by atoms with Gasteiger partial charge in [-0.3, -0.25) is 4.79 Å². The van der Waals surface area contributed by atoms with Crippen molar-refractivity contribution in [3.63, 3.8) is 0 Å². The second kappa shape index (κ2) is 8.70. The molecule has 0 aliphatic heterocycles. The topological polar surface area (TPSA) is 57.6 Å². The Kier molecular flexibility index (Phi) is 8.47. The number of carbonyl (C=O) groups is 1. The second-order valence-corrected chi connectivity index (χ2v) is 5.39. The van der Waals surface area contributed by atoms with E-state index in [2.05, 4.69) is 13.8 Å². The molecule has 0 spiro atoms. The molecule has 0 saturated heterocycles. The van der Waals surface area contributed by atoms with E-state index in [1.165, 1.54) is 0 Å². The average Bonchev–Trinajstić information content (AvgIpc) is 2.17. The summed E-state index contributed by atoms with van der Waals surface area (Å²) in [6.07, 6.45) is 2.28. The largest absolute Gasteiger partial charge is 0.342 e. The summed E-state index contributed by atoms with van der Waals surface area (Å²) in [5.41, 5.74) is 0. The Hall–Kier alpha value is -0.420. The minimum absolute atomic E-state index is 0.0913. The van der Waals surface area contributed by atoms with Crippen LogP contribution in [-0.4, -0.2) is 38.4 Å². The molecule has 0 saturated carbocycles. The summed E-state index contributed by atoms with van der Waals surface area (Å²) in [7, 11) is 0. The zero-order valence-corrected chi connectivity index (χ0v) is 11.3. The fraction of sp³-hybridized carbons (Fsp3) is 0.909. The Balaban J connectivity index is 4.14. The zero-order chi connectivity index (χ0) is 12.6. The lowest BCUT2D eigenvalue weighted by Gasteiger charge is -2.22. The van der Waals surface area contributed by atoms with Gasteiger partial charge in [0.1, 0.15) is 0 Å². The van der Waals surface area contributed by atoms with Crippen LogP contribution in [0.2, 0.25) is 0 Å². The molecule has 0 radical (unpaired) electrons. The third-order valence-corrected chi connectivity index (χ3v) is 2.86. The van der Waals surface area contributed by atoms with Crippen molar-refractivity contribution in [2.24, 2.45) is 5.92 Å². The maximum absolute atomic E-state index is 11.7. The van der Waals surface area contributed by atoms with Crippen LogP contribution in [0.1, 0.15) is 40.0 Å². The van der Waals surface area contributed by atoms with Gasteiger partial charge in [0.05, 0.1) is 5.75 Å². The second-order valence-electron chi connectivity index (χ2n) is 4.34. The van der Waals surface area contributed by atoms with E-state index in [9.17, 15) is 9.00 Å². The molecular formula is C11H23NO3S. The van der Waals surface area contributed by atoms with Gasteiger partial charge in [-0.25, -0.2) is 4.21 Å². The molecule has 0 aromatic rings. The summed E-state index contributed by atoms with van der Waals surface area (Å²) < 4.78 is 19.3. The number of amides is 1. The molecule has 4 nitrogen and oxygen atoms in total. The minimum atomic E-state index is -1.81. The molecule has 1 amide bonds. The highest BCUT2D eigenvalue weighted by Crippen LogP contribution is 2.05. The Labute approximate surface area is 101 Å². The van der Waals surface area contributed by atoms with Gasteiger partial charge in [0, 0.05) is 19.5 Å². The van der Waals surface area contributed by atoms with E-state index < -0.39 is 11.1 Å². The molecule has 0 aromatic carbocycles. The molecule has 0 aliphatic carbocycles. The van der Waals surface area contributed by atoms with Crippen LogP contribution in [0.15, 0.2) is 0 Å². The van der Waals surface area contributed by atoms with E-state index in [-0.39, 0.29) is 11.7 Å². The number of nitrogens with zero attached hydrogens (tertiary/aromatic N) is 1. The Bertz CT molecular complexity index is 231. The molecule has 0 bridgehead atoms. The number of hydrogen-bond donors (Lipinski definition) is 1. The van der Waals surface area contributed by atoms with Gasteiger partial charge in [0.15, 0.2) is 11.1 Å². The van der Waals surface area contributed by atoms with E-state index in [1.807, 2.05) is 6.92 Å². The standard InChI is InChI=1S/C11H23NO3S/c1-4-5-11(13)12(7-6-10(2)3)8-9-16(14)15/h10H,4-9H2,1-3H3,(H,14,15). The lowest BCUT2D eigenvalue weighted by Crippen LogP contribution is -2.35. The first-order valence-electron chi connectivity index (χ1n) is 5.82. The smallest absolute Gasteiger partial charge is 0.222 e. The van der Waals surface area contributed by atoms with Crippen molar-refractivity contribution in [2.45, 2.75) is 40.0 Å². The average molecular weight is 249 g/mol. The molecule has 16 heavy (non-hydrogen) atoms. The number of carbonyl (C=O) groups excluding carboxylic acids is 1. The molecule has 0 rings (SSSR count). The van der Waals surface area contributed by atoms with Gasteiger partial charge in [-0.15, -0.1) is 0 Å². The van der Waals surface area contributed by atoms with Crippen molar-refractivity contribution < 1.29 is 13.6 Å². The predicted octanol–water partition coefficient (Wildman–Crippen LogP) is 1.88. The molecule has 0 aliphatic rings. The van der Waals surface area contributed by atoms with Crippen LogP contribution < -0.4 is 0 Å². The normalized spacial score (nSPS) is 12.8. The first kappa shape index (κ1) is 15.6. The van der Waals surface area contributed by atoms with Gasteiger partial charge in [-0.1, -0.05) is 20.8 Å². The monoisotopic (exact) mass is 249 g/mol. The van der Waals surface area contributed by atoms with Crippen molar-refractivity contribution in [1.29, 1.82) is 0 Å². The molecule has 0 aromatic heterocycles. The molecule has 1 atom stereocenters. The van der Waals surface area contributed by atoms with Crippen molar-refractivity contribution >= 4 is 17.0 Å². The van der Waals surface area contributed by atoms with Gasteiger partial charge in [0.25, 0.3) is 0 Å². The van der Waals surface area contributed by atoms with Gasteiger partial charge in [-0.2, -0.15) is 0 Å². The van der Waals surface area contributed by atoms with Gasteiger partial charge in [0.2, 0.25) is 5.91 Å². The summed E-state index contributed by atoms with van der Waals surface area (Å²) in [6.45, 7) is 7.24. The Morgan fingerprint density at radius 1 is 1.38 bits per heavy atom. The minimum Gasteiger partial charge on any atom is -0.342 e. The lowest BCUT2D eigenvalue weighted by molar-refractivity contribution is -0.131. The summed E-state index contributed by atoms with van der Waals surface area (Å²) in [5, 5.41) is 0. The van der Waals surface area contributed by atoms with E-state index in [1.54, 1.807) is 4.90 Å². The quantitative estimate of drug-likeness (QED) is 0.668. The zero-order valence-electron chi connectivity index (χ0n) is 10.4. The van der Waals surface area contributed by atoms with Crippen LogP contribution in [-0.2, 0) is 15.9 Å². The van der Waals surface area contributed by atoms with Crippen LogP contribution in [0.3, 0.4) is 0 Å². The van der Waals surface area contributed by atoms with E-state index in [4.69, 9.17) is 4.55 Å². The molecule has 96 valence electrons. The summed E-state index contributed by atoms with van der Waals surface area (Å²) >= 11 is -1.81. The molecule has 0 heterocycles. The molecule has 1 N–H and O–H groups in total. The highest BCUT2D eigenvalue weighted by Gasteiger charge is 2.13. The van der Waals surface area contributed by atoms with Gasteiger partial charge in [-0.05, 0) is 18.8 Å². The summed E-state index contributed by atoms with van der Waals surface area (Å²) in [5.74, 6) is 0.776. The molecule has 5 heteroatoms. The number of rotatable bonds is 8. The first-order valence-corrected chi connectivity index (χ1v) is 7.10. The Morgan fingerprint density at radius 2 is 2.00 bits per heavy atom. The molecular weight excluding hydrogens is 226 g/mol. The van der Waals surface area contributed by atoms with E-state index in [0.717, 1.165) is 12.8 Å². The SMILES string of the molecule is CCCC(=O)N(CCC(C)C)CCS(=O)O. The summed E-state index contributed by atoms with van der Waals surface area (Å²) in [6, 6.07) is 0. The highest BCUT2D eigenvalue weighted by molar-refractivity contribution is 7.79. The van der Waals surface area contributed by atoms with Gasteiger partial charge >= 0.3 is 0 Å². The third kappa shape index (κ3) is 7.82. The molecule has 0 fully saturated rings. The van der Waals surface area contributed by atoms with Crippen LogP contribution in [0.25, 0.3) is 0 Å². The Morgan fingerprint density at radius 3 is 2.44 bits per heavy atom. The fourth-order valence-corrected chi connectivity index (χ4v) is 1.71. The fourth-order valence-electron chi connectivity index (χ4n) is 1.34. The van der Waals surface area contributed by atoms with Crippen LogP contribution >= 0.6 is 0 Å². The summed E-state index contributed by atoms with van der Waals surface area (Å²) in [4.78, 5) is 13.4. The maximum atomic E-state index is 11.7. The van der Waals surface area contributed by atoms with Crippen molar-refractivity contribution in [2.75, 3.05) is 18.8 Å². The van der Waals surface area contributed by atoms with Crippen LogP contribution in [0, 0.1) is 5.92 Å². The third-order valence-electron chi connectivity index (χ3n) is 2.33. The van der Waals surface area contributed by atoms with E-state index in [0.29, 0.717) is 25.4 Å². The maximum Gasteiger partial charge on any atom is 0.222 e. The lowest BCUT2D eigenvalue weighted by atomic mass is 10.1. The highest BCUT2D eigenvalue weighted by atomic mass is 32.2. The van der Waals surface area contributed by atoms with Crippen LogP contribution in [0.4, 0.5) is 0 Å². The van der Waals surface area contributed by atoms with Crippen LogP contribution in [0.5, 0.6) is 0 Å². The van der Waals surface area contributed by atoms with Crippen molar-refractivity contribution in [1.82, 2.24) is 4.90 Å². The number of hydrogen-bond acceptors (Lipinski definition) is 2. The van der Waals surface area contributed by atoms with Crippen molar-refractivity contribution in [3.8, 4) is 0 Å². The first-order chi connectivity index (χ1) is 7.47. The van der Waals surface area contributed by atoms with Gasteiger partial charge < -0.3 is 9.45 Å². The predicted molar refractivity (Wildman–Crippen MR) is 66.6 cm³/mol.